The molecule has 1 aliphatic rings. The molecule has 1 heterocycles. The van der Waals surface area contributed by atoms with E-state index in [2.05, 4.69) is 17.1 Å². The van der Waals surface area contributed by atoms with Crippen LogP contribution in [-0.2, 0) is 4.79 Å². The summed E-state index contributed by atoms with van der Waals surface area (Å²) in [7, 11) is 1.65. The van der Waals surface area contributed by atoms with Crippen molar-refractivity contribution >= 4 is 5.91 Å². The van der Waals surface area contributed by atoms with Crippen molar-refractivity contribution in [2.24, 2.45) is 5.92 Å². The van der Waals surface area contributed by atoms with Gasteiger partial charge in [0.25, 0.3) is 0 Å². The van der Waals surface area contributed by atoms with E-state index in [0.717, 1.165) is 18.9 Å². The molecule has 0 N–H and O–H groups in total. The van der Waals surface area contributed by atoms with Gasteiger partial charge < -0.3 is 4.90 Å². The third kappa shape index (κ3) is 3.92. The Balaban J connectivity index is 1.93. The number of rotatable bonds is 5. The van der Waals surface area contributed by atoms with Gasteiger partial charge in [0.05, 0.1) is 6.04 Å². The summed E-state index contributed by atoms with van der Waals surface area (Å²) >= 11 is 0. The molecule has 130 valence electrons. The fourth-order valence-electron chi connectivity index (χ4n) is 3.25. The van der Waals surface area contributed by atoms with E-state index in [1.165, 1.54) is 17.0 Å². The number of halogens is 2. The molecular weight excluding hydrogens is 322 g/mol. The highest BCUT2D eigenvalue weighted by molar-refractivity contribution is 5.77. The minimum atomic E-state index is -0.672. The summed E-state index contributed by atoms with van der Waals surface area (Å²) in [5.41, 5.74) is 0.943. The van der Waals surface area contributed by atoms with Gasteiger partial charge in [0.2, 0.25) is 5.91 Å². The molecule has 2 atom stereocenters. The lowest BCUT2D eigenvalue weighted by Gasteiger charge is -2.30. The van der Waals surface area contributed by atoms with Crippen LogP contribution in [0.4, 0.5) is 8.78 Å². The van der Waals surface area contributed by atoms with Gasteiger partial charge in [-0.3, -0.25) is 9.78 Å². The molecule has 0 aliphatic heterocycles. The molecule has 1 amide bonds. The van der Waals surface area contributed by atoms with Gasteiger partial charge >= 0.3 is 0 Å². The molecule has 0 fully saturated rings. The molecule has 0 bridgehead atoms. The molecule has 1 aromatic carbocycles. The number of pyridine rings is 1. The van der Waals surface area contributed by atoms with Crippen molar-refractivity contribution in [1.29, 1.82) is 0 Å². The fourth-order valence-corrected chi connectivity index (χ4v) is 3.25. The standard InChI is InChI=1S/C20H20F2N2O/c1-24(19(25)11-14-5-2-3-6-14)20(15-7-4-10-23-13-15)17-9-8-16(21)12-18(17)22/h2,4-5,7-10,12-14,20H,3,6,11H2,1H3/t14-,20+/m1/s1. The van der Waals surface area contributed by atoms with Crippen LogP contribution >= 0.6 is 0 Å². The number of allylic oxidation sites excluding steroid dienone is 2. The molecule has 0 saturated carbocycles. The Morgan fingerprint density at radius 1 is 1.36 bits per heavy atom. The van der Waals surface area contributed by atoms with E-state index in [-0.39, 0.29) is 17.4 Å². The molecule has 5 heteroatoms. The number of carbonyl (C=O) groups is 1. The molecule has 3 nitrogen and oxygen atoms in total. The number of nitrogens with zero attached hydrogens (tertiary/aromatic N) is 2. The molecule has 3 rings (SSSR count). The van der Waals surface area contributed by atoms with Crippen molar-refractivity contribution in [3.63, 3.8) is 0 Å². The summed E-state index contributed by atoms with van der Waals surface area (Å²) < 4.78 is 27.7. The van der Waals surface area contributed by atoms with Crippen molar-refractivity contribution in [2.75, 3.05) is 7.05 Å². The van der Waals surface area contributed by atoms with Crippen LogP contribution in [0.2, 0.25) is 0 Å². The van der Waals surface area contributed by atoms with Crippen molar-refractivity contribution in [2.45, 2.75) is 25.3 Å². The second-order valence-corrected chi connectivity index (χ2v) is 6.33. The molecule has 0 saturated heterocycles. The Morgan fingerprint density at radius 3 is 2.84 bits per heavy atom. The van der Waals surface area contributed by atoms with Crippen LogP contribution < -0.4 is 0 Å². The normalized spacial score (nSPS) is 17.5. The third-order valence-electron chi connectivity index (χ3n) is 4.59. The Labute approximate surface area is 146 Å². The second kappa shape index (κ2) is 7.55. The van der Waals surface area contributed by atoms with Gasteiger partial charge in [0.15, 0.2) is 0 Å². The van der Waals surface area contributed by atoms with E-state index in [4.69, 9.17) is 0 Å². The zero-order valence-electron chi connectivity index (χ0n) is 14.0. The minimum absolute atomic E-state index is 0.0749. The summed E-state index contributed by atoms with van der Waals surface area (Å²) in [5.74, 6) is -1.16. The largest absolute Gasteiger partial charge is 0.334 e. The number of benzene rings is 1. The highest BCUT2D eigenvalue weighted by Gasteiger charge is 2.28. The molecule has 1 aliphatic carbocycles. The maximum absolute atomic E-state index is 14.4. The Kier molecular flexibility index (Phi) is 5.22. The Bertz CT molecular complexity index is 777. The van der Waals surface area contributed by atoms with E-state index in [0.29, 0.717) is 12.0 Å². The van der Waals surface area contributed by atoms with Crippen LogP contribution in [0.5, 0.6) is 0 Å². The maximum Gasteiger partial charge on any atom is 0.223 e. The SMILES string of the molecule is CN(C(=O)C[C@@H]1C=CCC1)[C@@H](c1cccnc1)c1ccc(F)cc1F. The number of carbonyl (C=O) groups excluding carboxylic acids is 1. The van der Waals surface area contributed by atoms with Gasteiger partial charge in [-0.15, -0.1) is 0 Å². The average molecular weight is 342 g/mol. The van der Waals surface area contributed by atoms with Crippen molar-refractivity contribution < 1.29 is 13.6 Å². The first-order chi connectivity index (χ1) is 12.1. The lowest BCUT2D eigenvalue weighted by Crippen LogP contribution is -2.33. The van der Waals surface area contributed by atoms with Crippen molar-refractivity contribution in [1.82, 2.24) is 9.88 Å². The number of hydrogen-bond acceptors (Lipinski definition) is 2. The quantitative estimate of drug-likeness (QED) is 0.761. The van der Waals surface area contributed by atoms with Gasteiger partial charge in [0, 0.05) is 37.5 Å². The number of amides is 1. The molecule has 25 heavy (non-hydrogen) atoms. The average Bonchev–Trinajstić information content (AvgIpc) is 3.11. The van der Waals surface area contributed by atoms with E-state index in [1.54, 1.807) is 31.6 Å². The molecule has 0 radical (unpaired) electrons. The van der Waals surface area contributed by atoms with Gasteiger partial charge in [0.1, 0.15) is 11.6 Å². The van der Waals surface area contributed by atoms with E-state index in [1.807, 2.05) is 0 Å². The zero-order valence-corrected chi connectivity index (χ0v) is 14.0. The summed E-state index contributed by atoms with van der Waals surface area (Å²) in [6.45, 7) is 0. The second-order valence-electron chi connectivity index (χ2n) is 6.33. The lowest BCUT2D eigenvalue weighted by atomic mass is 9.96. The summed E-state index contributed by atoms with van der Waals surface area (Å²) in [4.78, 5) is 18.3. The maximum atomic E-state index is 14.4. The molecule has 0 spiro atoms. The third-order valence-corrected chi connectivity index (χ3v) is 4.59. The smallest absolute Gasteiger partial charge is 0.223 e. The van der Waals surface area contributed by atoms with E-state index < -0.39 is 17.7 Å². The van der Waals surface area contributed by atoms with Crippen LogP contribution in [-0.4, -0.2) is 22.8 Å². The first kappa shape index (κ1) is 17.3. The van der Waals surface area contributed by atoms with E-state index >= 15 is 0 Å². The van der Waals surface area contributed by atoms with E-state index in [9.17, 15) is 13.6 Å². The summed E-state index contributed by atoms with van der Waals surface area (Å²) in [6, 6.07) is 6.33. The first-order valence-electron chi connectivity index (χ1n) is 8.33. The van der Waals surface area contributed by atoms with Crippen LogP contribution in [0, 0.1) is 17.6 Å². The van der Waals surface area contributed by atoms with Gasteiger partial charge in [-0.1, -0.05) is 24.3 Å². The van der Waals surface area contributed by atoms with Gasteiger partial charge in [-0.25, -0.2) is 8.78 Å². The fraction of sp³-hybridized carbons (Fsp3) is 0.300. The number of hydrogen-bond donors (Lipinski definition) is 0. The molecule has 0 unspecified atom stereocenters. The Morgan fingerprint density at radius 2 is 2.20 bits per heavy atom. The van der Waals surface area contributed by atoms with Crippen molar-refractivity contribution in [3.05, 3.63) is 77.6 Å². The monoisotopic (exact) mass is 342 g/mol. The zero-order chi connectivity index (χ0) is 17.8. The van der Waals surface area contributed by atoms with Crippen LogP contribution in [0.1, 0.15) is 36.4 Å². The predicted octanol–water partition coefficient (Wildman–Crippen LogP) is 4.26. The molecule has 1 aromatic heterocycles. The predicted molar refractivity (Wildman–Crippen MR) is 91.7 cm³/mol. The topological polar surface area (TPSA) is 33.2 Å². The van der Waals surface area contributed by atoms with Gasteiger partial charge in [-0.05, 0) is 36.5 Å². The summed E-state index contributed by atoms with van der Waals surface area (Å²) in [6.07, 6.45) is 9.69. The van der Waals surface area contributed by atoms with Crippen LogP contribution in [0.3, 0.4) is 0 Å². The number of aromatic nitrogens is 1. The minimum Gasteiger partial charge on any atom is -0.334 e. The first-order valence-corrected chi connectivity index (χ1v) is 8.33. The molecule has 2 aromatic rings. The highest BCUT2D eigenvalue weighted by Crippen LogP contribution is 2.31. The van der Waals surface area contributed by atoms with Crippen LogP contribution in [0.25, 0.3) is 0 Å². The van der Waals surface area contributed by atoms with Crippen molar-refractivity contribution in [3.8, 4) is 0 Å². The highest BCUT2D eigenvalue weighted by atomic mass is 19.1. The molecular formula is C20H20F2N2O. The Hall–Kier alpha value is -2.56. The van der Waals surface area contributed by atoms with Crippen LogP contribution in [0.15, 0.2) is 54.9 Å². The lowest BCUT2D eigenvalue weighted by molar-refractivity contribution is -0.132. The summed E-state index contributed by atoms with van der Waals surface area (Å²) in [5, 5.41) is 0. The van der Waals surface area contributed by atoms with Gasteiger partial charge in [-0.2, -0.15) is 0 Å².